The number of hydrogen-bond donors (Lipinski definition) is 0. The SMILES string of the molecule is CCCC(C(=O)OCC)n1ccnc1C#N. The molecule has 0 amide bonds. The Labute approximate surface area is 94.7 Å². The number of carbonyl (C=O) groups excluding carboxylic acids is 1. The van der Waals surface area contributed by atoms with Crippen molar-refractivity contribution in [3.8, 4) is 6.07 Å². The van der Waals surface area contributed by atoms with Crippen LogP contribution in [-0.4, -0.2) is 22.1 Å². The van der Waals surface area contributed by atoms with E-state index in [9.17, 15) is 4.79 Å². The van der Waals surface area contributed by atoms with E-state index in [4.69, 9.17) is 10.00 Å². The summed E-state index contributed by atoms with van der Waals surface area (Å²) in [5, 5.41) is 8.85. The number of imidazole rings is 1. The van der Waals surface area contributed by atoms with Crippen LogP contribution >= 0.6 is 0 Å². The molecule has 5 nitrogen and oxygen atoms in total. The maximum absolute atomic E-state index is 11.7. The molecule has 0 N–H and O–H groups in total. The van der Waals surface area contributed by atoms with E-state index in [2.05, 4.69) is 4.98 Å². The van der Waals surface area contributed by atoms with E-state index in [1.807, 2.05) is 13.0 Å². The molecule has 1 rings (SSSR count). The Hall–Kier alpha value is -1.83. The summed E-state index contributed by atoms with van der Waals surface area (Å²) in [4.78, 5) is 15.6. The minimum atomic E-state index is -0.443. The van der Waals surface area contributed by atoms with Gasteiger partial charge < -0.3 is 9.30 Å². The lowest BCUT2D eigenvalue weighted by Gasteiger charge is -2.16. The molecule has 0 saturated heterocycles. The number of nitrogens with zero attached hydrogens (tertiary/aromatic N) is 3. The molecule has 0 aliphatic heterocycles. The van der Waals surface area contributed by atoms with Gasteiger partial charge in [-0.15, -0.1) is 0 Å². The van der Waals surface area contributed by atoms with Crippen molar-refractivity contribution in [3.05, 3.63) is 18.2 Å². The Balaban J connectivity index is 2.94. The molecule has 5 heteroatoms. The molecule has 0 spiro atoms. The normalized spacial score (nSPS) is 11.8. The van der Waals surface area contributed by atoms with Crippen LogP contribution in [0.2, 0.25) is 0 Å². The van der Waals surface area contributed by atoms with Crippen LogP contribution in [-0.2, 0) is 9.53 Å². The Bertz CT molecular complexity index is 392. The van der Waals surface area contributed by atoms with Gasteiger partial charge in [-0.2, -0.15) is 5.26 Å². The fraction of sp³-hybridized carbons (Fsp3) is 0.545. The van der Waals surface area contributed by atoms with Crippen molar-refractivity contribution in [2.24, 2.45) is 0 Å². The summed E-state index contributed by atoms with van der Waals surface area (Å²) < 4.78 is 6.55. The van der Waals surface area contributed by atoms with Crippen LogP contribution in [0.3, 0.4) is 0 Å². The number of esters is 1. The molecule has 1 unspecified atom stereocenters. The van der Waals surface area contributed by atoms with E-state index < -0.39 is 6.04 Å². The second-order valence-corrected chi connectivity index (χ2v) is 3.33. The molecule has 0 radical (unpaired) electrons. The first-order chi connectivity index (χ1) is 7.74. The summed E-state index contributed by atoms with van der Waals surface area (Å²) in [5.74, 6) is -0.0645. The second kappa shape index (κ2) is 5.91. The average Bonchev–Trinajstić information content (AvgIpc) is 2.73. The van der Waals surface area contributed by atoms with E-state index >= 15 is 0 Å². The van der Waals surface area contributed by atoms with Crippen molar-refractivity contribution in [3.63, 3.8) is 0 Å². The summed E-state index contributed by atoms with van der Waals surface area (Å²) in [6.07, 6.45) is 4.63. The third-order valence-electron chi connectivity index (χ3n) is 2.23. The largest absolute Gasteiger partial charge is 0.464 e. The van der Waals surface area contributed by atoms with Crippen molar-refractivity contribution < 1.29 is 9.53 Å². The van der Waals surface area contributed by atoms with Gasteiger partial charge in [0.05, 0.1) is 6.61 Å². The monoisotopic (exact) mass is 221 g/mol. The van der Waals surface area contributed by atoms with Gasteiger partial charge in [0.25, 0.3) is 0 Å². The molecule has 0 bridgehead atoms. The Kier molecular flexibility index (Phi) is 4.52. The molecule has 0 saturated carbocycles. The van der Waals surface area contributed by atoms with Gasteiger partial charge in [0, 0.05) is 12.4 Å². The predicted octanol–water partition coefficient (Wildman–Crippen LogP) is 1.66. The van der Waals surface area contributed by atoms with Crippen molar-refractivity contribution in [2.75, 3.05) is 6.61 Å². The molecule has 1 atom stereocenters. The maximum Gasteiger partial charge on any atom is 0.329 e. The van der Waals surface area contributed by atoms with Crippen molar-refractivity contribution >= 4 is 5.97 Å². The molecule has 1 aromatic heterocycles. The zero-order chi connectivity index (χ0) is 12.0. The first kappa shape index (κ1) is 12.2. The lowest BCUT2D eigenvalue weighted by molar-refractivity contribution is -0.147. The van der Waals surface area contributed by atoms with E-state index in [0.29, 0.717) is 13.0 Å². The molecule has 0 aliphatic carbocycles. The number of ether oxygens (including phenoxy) is 1. The molecular formula is C11H15N3O2. The van der Waals surface area contributed by atoms with Crippen molar-refractivity contribution in [2.45, 2.75) is 32.7 Å². The standard InChI is InChI=1S/C11H15N3O2/c1-3-5-9(11(15)16-4-2)14-7-6-13-10(14)8-12/h6-7,9H,3-5H2,1-2H3. The van der Waals surface area contributed by atoms with Gasteiger partial charge in [-0.25, -0.2) is 9.78 Å². The quantitative estimate of drug-likeness (QED) is 0.709. The highest BCUT2D eigenvalue weighted by Gasteiger charge is 2.22. The highest BCUT2D eigenvalue weighted by atomic mass is 16.5. The second-order valence-electron chi connectivity index (χ2n) is 3.33. The summed E-state index contributed by atoms with van der Waals surface area (Å²) in [6.45, 7) is 4.09. The molecule has 0 aromatic carbocycles. The molecule has 1 heterocycles. The molecular weight excluding hydrogens is 206 g/mol. The van der Waals surface area contributed by atoms with Crippen LogP contribution in [0.15, 0.2) is 12.4 Å². The minimum Gasteiger partial charge on any atom is -0.464 e. The van der Waals surface area contributed by atoms with Gasteiger partial charge in [0.15, 0.2) is 0 Å². The van der Waals surface area contributed by atoms with Gasteiger partial charge in [0.2, 0.25) is 5.82 Å². The van der Waals surface area contributed by atoms with Crippen LogP contribution in [0.5, 0.6) is 0 Å². The van der Waals surface area contributed by atoms with Crippen LogP contribution in [0.25, 0.3) is 0 Å². The minimum absolute atomic E-state index is 0.242. The fourth-order valence-electron chi connectivity index (χ4n) is 1.53. The van der Waals surface area contributed by atoms with E-state index in [1.165, 1.54) is 6.20 Å². The Morgan fingerprint density at radius 3 is 3.00 bits per heavy atom. The van der Waals surface area contributed by atoms with Crippen molar-refractivity contribution in [1.82, 2.24) is 9.55 Å². The molecule has 0 fully saturated rings. The van der Waals surface area contributed by atoms with E-state index in [-0.39, 0.29) is 11.8 Å². The highest BCUT2D eigenvalue weighted by Crippen LogP contribution is 2.17. The Morgan fingerprint density at radius 2 is 2.44 bits per heavy atom. The third-order valence-corrected chi connectivity index (χ3v) is 2.23. The Morgan fingerprint density at radius 1 is 1.69 bits per heavy atom. The number of rotatable bonds is 5. The molecule has 1 aromatic rings. The predicted molar refractivity (Wildman–Crippen MR) is 57.5 cm³/mol. The zero-order valence-electron chi connectivity index (χ0n) is 9.51. The topological polar surface area (TPSA) is 67.9 Å². The average molecular weight is 221 g/mol. The lowest BCUT2D eigenvalue weighted by atomic mass is 10.1. The fourth-order valence-corrected chi connectivity index (χ4v) is 1.53. The molecule has 0 aliphatic rings. The van der Waals surface area contributed by atoms with Gasteiger partial charge in [-0.1, -0.05) is 13.3 Å². The lowest BCUT2D eigenvalue weighted by Crippen LogP contribution is -2.22. The van der Waals surface area contributed by atoms with Crippen LogP contribution in [0.4, 0.5) is 0 Å². The zero-order valence-corrected chi connectivity index (χ0v) is 9.51. The number of hydrogen-bond acceptors (Lipinski definition) is 4. The summed E-state index contributed by atoms with van der Waals surface area (Å²) in [6, 6.07) is 1.51. The highest BCUT2D eigenvalue weighted by molar-refractivity contribution is 5.74. The molecule has 16 heavy (non-hydrogen) atoms. The first-order valence-corrected chi connectivity index (χ1v) is 5.34. The smallest absolute Gasteiger partial charge is 0.329 e. The summed E-state index contributed by atoms with van der Waals surface area (Å²) in [7, 11) is 0. The van der Waals surface area contributed by atoms with Crippen LogP contribution < -0.4 is 0 Å². The van der Waals surface area contributed by atoms with Gasteiger partial charge >= 0.3 is 5.97 Å². The number of nitriles is 1. The van der Waals surface area contributed by atoms with Crippen molar-refractivity contribution in [1.29, 1.82) is 5.26 Å². The van der Waals surface area contributed by atoms with E-state index in [1.54, 1.807) is 17.7 Å². The van der Waals surface area contributed by atoms with E-state index in [0.717, 1.165) is 6.42 Å². The summed E-state index contributed by atoms with van der Waals surface area (Å²) >= 11 is 0. The number of aromatic nitrogens is 2. The summed E-state index contributed by atoms with van der Waals surface area (Å²) in [5.41, 5.74) is 0. The van der Waals surface area contributed by atoms with Gasteiger partial charge in [0.1, 0.15) is 12.1 Å². The van der Waals surface area contributed by atoms with Gasteiger partial charge in [-0.3, -0.25) is 0 Å². The van der Waals surface area contributed by atoms with Crippen LogP contribution in [0.1, 0.15) is 38.6 Å². The number of carbonyl (C=O) groups is 1. The first-order valence-electron chi connectivity index (χ1n) is 5.34. The van der Waals surface area contributed by atoms with Crippen LogP contribution in [0, 0.1) is 11.3 Å². The maximum atomic E-state index is 11.7. The third kappa shape index (κ3) is 2.60. The van der Waals surface area contributed by atoms with Gasteiger partial charge in [-0.05, 0) is 13.3 Å². The molecule has 86 valence electrons.